The summed E-state index contributed by atoms with van der Waals surface area (Å²) in [5, 5.41) is 11.0. The molecule has 3 aromatic rings. The molecule has 2 N–H and O–H groups in total. The molecule has 0 saturated carbocycles. The lowest BCUT2D eigenvalue weighted by Crippen LogP contribution is -2.52. The summed E-state index contributed by atoms with van der Waals surface area (Å²) < 4.78 is 0. The second-order valence-corrected chi connectivity index (χ2v) is 9.04. The van der Waals surface area contributed by atoms with Gasteiger partial charge in [-0.1, -0.05) is 72.8 Å². The van der Waals surface area contributed by atoms with Gasteiger partial charge >= 0.3 is 0 Å². The first-order valence-corrected chi connectivity index (χ1v) is 12.0. The maximum absolute atomic E-state index is 13.5. The van der Waals surface area contributed by atoms with E-state index in [1.807, 2.05) is 17.0 Å². The van der Waals surface area contributed by atoms with Gasteiger partial charge in [0, 0.05) is 44.9 Å². The highest BCUT2D eigenvalue weighted by molar-refractivity contribution is 5.80. The van der Waals surface area contributed by atoms with Crippen LogP contribution in [-0.2, 0) is 4.79 Å². The number of carbonyl (C=O) groups is 1. The van der Waals surface area contributed by atoms with E-state index in [1.54, 1.807) is 12.1 Å². The topological polar surface area (TPSA) is 90.7 Å². The Morgan fingerprint density at radius 3 is 1.97 bits per heavy atom. The molecule has 1 amide bonds. The fraction of sp³-hybridized carbons (Fsp3) is 0.296. The molecular formula is C27H29N5O3. The van der Waals surface area contributed by atoms with Crippen LogP contribution in [0.15, 0.2) is 84.9 Å². The number of amides is 1. The van der Waals surface area contributed by atoms with Gasteiger partial charge in [0.05, 0.1) is 22.9 Å². The molecule has 2 saturated heterocycles. The third kappa shape index (κ3) is 4.95. The summed E-state index contributed by atoms with van der Waals surface area (Å²) in [5.41, 5.74) is 9.70. The zero-order valence-corrected chi connectivity index (χ0v) is 19.4. The van der Waals surface area contributed by atoms with E-state index in [0.717, 1.165) is 18.7 Å². The van der Waals surface area contributed by atoms with Crippen LogP contribution in [0.4, 0.5) is 5.69 Å². The Hall–Kier alpha value is -3.59. The smallest absolute Gasteiger partial charge is 0.269 e. The normalized spacial score (nSPS) is 20.8. The number of rotatable bonds is 6. The number of nitro groups is 1. The van der Waals surface area contributed by atoms with Crippen LogP contribution in [0.25, 0.3) is 0 Å². The molecule has 0 aromatic heterocycles. The van der Waals surface area contributed by atoms with Crippen molar-refractivity contribution < 1.29 is 9.72 Å². The molecule has 0 radical (unpaired) electrons. The highest BCUT2D eigenvalue weighted by Gasteiger charge is 2.38. The standard InChI is InChI=1S/C27H29N5O3/c33-27(24-19-28-29-25(24)20-11-13-23(14-12-20)32(34)35)31-17-15-30(16-18-31)26(21-7-3-1-4-8-21)22-9-5-2-6-10-22/h1-14,24-26,28-29H,15-19H2. The van der Waals surface area contributed by atoms with Crippen molar-refractivity contribution in [2.45, 2.75) is 12.1 Å². The molecule has 2 aliphatic heterocycles. The molecule has 180 valence electrons. The Kier molecular flexibility index (Phi) is 6.85. The number of hydrogen-bond donors (Lipinski definition) is 2. The number of nitrogens with one attached hydrogen (secondary N) is 2. The van der Waals surface area contributed by atoms with Gasteiger partial charge < -0.3 is 4.90 Å². The average molecular weight is 472 g/mol. The Bertz CT molecular complexity index is 1110. The van der Waals surface area contributed by atoms with E-state index in [4.69, 9.17) is 0 Å². The van der Waals surface area contributed by atoms with Crippen molar-refractivity contribution >= 4 is 11.6 Å². The largest absolute Gasteiger partial charge is 0.340 e. The molecule has 3 aromatic carbocycles. The van der Waals surface area contributed by atoms with Crippen molar-refractivity contribution in [1.82, 2.24) is 20.7 Å². The second kappa shape index (κ2) is 10.4. The number of hydrogen-bond acceptors (Lipinski definition) is 6. The van der Waals surface area contributed by atoms with E-state index in [2.05, 4.69) is 64.3 Å². The van der Waals surface area contributed by atoms with Gasteiger partial charge in [0.1, 0.15) is 0 Å². The van der Waals surface area contributed by atoms with E-state index in [0.29, 0.717) is 19.6 Å². The van der Waals surface area contributed by atoms with Crippen LogP contribution in [0.3, 0.4) is 0 Å². The Labute approximate surface area is 204 Å². The van der Waals surface area contributed by atoms with Crippen LogP contribution in [0.2, 0.25) is 0 Å². The lowest BCUT2D eigenvalue weighted by molar-refractivity contribution is -0.384. The number of non-ortho nitro benzene ring substituents is 1. The van der Waals surface area contributed by atoms with Crippen molar-refractivity contribution in [2.24, 2.45) is 5.92 Å². The molecule has 8 nitrogen and oxygen atoms in total. The summed E-state index contributed by atoms with van der Waals surface area (Å²) >= 11 is 0. The van der Waals surface area contributed by atoms with Gasteiger partial charge in [0.2, 0.25) is 5.91 Å². The lowest BCUT2D eigenvalue weighted by atomic mass is 9.93. The van der Waals surface area contributed by atoms with E-state index in [1.165, 1.54) is 23.3 Å². The van der Waals surface area contributed by atoms with E-state index < -0.39 is 4.92 Å². The number of piperazine rings is 1. The van der Waals surface area contributed by atoms with Gasteiger partial charge in [-0.25, -0.2) is 5.43 Å². The van der Waals surface area contributed by atoms with E-state index >= 15 is 0 Å². The fourth-order valence-corrected chi connectivity index (χ4v) is 5.17. The maximum Gasteiger partial charge on any atom is 0.269 e. The third-order valence-electron chi connectivity index (χ3n) is 6.98. The second-order valence-electron chi connectivity index (χ2n) is 9.04. The van der Waals surface area contributed by atoms with Crippen LogP contribution >= 0.6 is 0 Å². The zero-order valence-electron chi connectivity index (χ0n) is 19.4. The summed E-state index contributed by atoms with van der Waals surface area (Å²) in [6.07, 6.45) is 0. The van der Waals surface area contributed by atoms with Gasteiger partial charge in [-0.15, -0.1) is 0 Å². The molecule has 2 atom stereocenters. The molecule has 2 heterocycles. The summed E-state index contributed by atoms with van der Waals surface area (Å²) in [4.78, 5) is 28.5. The summed E-state index contributed by atoms with van der Waals surface area (Å²) in [7, 11) is 0. The third-order valence-corrected chi connectivity index (χ3v) is 6.98. The molecule has 0 bridgehead atoms. The highest BCUT2D eigenvalue weighted by atomic mass is 16.6. The summed E-state index contributed by atoms with van der Waals surface area (Å²) in [6.45, 7) is 3.43. The van der Waals surface area contributed by atoms with Crippen molar-refractivity contribution in [1.29, 1.82) is 0 Å². The van der Waals surface area contributed by atoms with Crippen LogP contribution in [-0.4, -0.2) is 53.4 Å². The number of carbonyl (C=O) groups excluding carboxylic acids is 1. The Balaban J connectivity index is 1.27. The van der Waals surface area contributed by atoms with Crippen LogP contribution in [0.1, 0.15) is 28.8 Å². The Morgan fingerprint density at radius 1 is 0.857 bits per heavy atom. The minimum absolute atomic E-state index is 0.0464. The van der Waals surface area contributed by atoms with E-state index in [9.17, 15) is 14.9 Å². The molecule has 2 unspecified atom stereocenters. The maximum atomic E-state index is 13.5. The number of nitrogens with zero attached hydrogens (tertiary/aromatic N) is 3. The number of nitro benzene ring substituents is 1. The SMILES string of the molecule is O=C(C1CNNC1c1ccc([N+](=O)[O-])cc1)N1CCN(C(c2ccccc2)c2ccccc2)CC1. The lowest BCUT2D eigenvalue weighted by Gasteiger charge is -2.40. The molecule has 2 fully saturated rings. The van der Waals surface area contributed by atoms with E-state index in [-0.39, 0.29) is 29.6 Å². The van der Waals surface area contributed by atoms with Crippen LogP contribution in [0, 0.1) is 16.0 Å². The van der Waals surface area contributed by atoms with Crippen molar-refractivity contribution in [3.63, 3.8) is 0 Å². The first-order valence-electron chi connectivity index (χ1n) is 12.0. The van der Waals surface area contributed by atoms with Gasteiger partial charge in [0.25, 0.3) is 5.69 Å². The first-order chi connectivity index (χ1) is 17.1. The molecule has 2 aliphatic rings. The van der Waals surface area contributed by atoms with Gasteiger partial charge in [-0.3, -0.25) is 25.2 Å². The molecule has 5 rings (SSSR count). The monoisotopic (exact) mass is 471 g/mol. The van der Waals surface area contributed by atoms with Crippen molar-refractivity contribution in [2.75, 3.05) is 32.7 Å². The fourth-order valence-electron chi connectivity index (χ4n) is 5.17. The number of hydrazine groups is 1. The van der Waals surface area contributed by atoms with Gasteiger partial charge in [-0.2, -0.15) is 0 Å². The molecule has 8 heteroatoms. The molecule has 0 spiro atoms. The first kappa shape index (κ1) is 23.2. The van der Waals surface area contributed by atoms with Crippen LogP contribution in [0.5, 0.6) is 0 Å². The predicted octanol–water partition coefficient (Wildman–Crippen LogP) is 3.29. The average Bonchev–Trinajstić information content (AvgIpc) is 3.40. The van der Waals surface area contributed by atoms with Crippen LogP contribution < -0.4 is 10.9 Å². The van der Waals surface area contributed by atoms with Crippen molar-refractivity contribution in [3.8, 4) is 0 Å². The molecule has 0 aliphatic carbocycles. The predicted molar refractivity (Wildman–Crippen MR) is 133 cm³/mol. The quantitative estimate of drug-likeness (QED) is 0.424. The van der Waals surface area contributed by atoms with Gasteiger partial charge in [0.15, 0.2) is 0 Å². The Morgan fingerprint density at radius 2 is 1.43 bits per heavy atom. The highest BCUT2D eigenvalue weighted by Crippen LogP contribution is 2.31. The van der Waals surface area contributed by atoms with Gasteiger partial charge in [-0.05, 0) is 16.7 Å². The minimum Gasteiger partial charge on any atom is -0.340 e. The zero-order chi connectivity index (χ0) is 24.2. The molecular weight excluding hydrogens is 442 g/mol. The minimum atomic E-state index is -0.412. The molecule has 35 heavy (non-hydrogen) atoms. The summed E-state index contributed by atoms with van der Waals surface area (Å²) in [6, 6.07) is 27.4. The van der Waals surface area contributed by atoms with Crippen molar-refractivity contribution in [3.05, 3.63) is 112 Å². The number of benzene rings is 3. The summed E-state index contributed by atoms with van der Waals surface area (Å²) in [5.74, 6) is -0.150.